The van der Waals surface area contributed by atoms with Crippen LogP contribution in [0.1, 0.15) is 11.4 Å². The van der Waals surface area contributed by atoms with E-state index in [2.05, 4.69) is 20.0 Å². The first-order chi connectivity index (χ1) is 9.94. The Morgan fingerprint density at radius 2 is 2.05 bits per heavy atom. The van der Waals surface area contributed by atoms with Crippen LogP contribution in [0.4, 0.5) is 0 Å². The van der Waals surface area contributed by atoms with E-state index in [1.54, 1.807) is 25.5 Å². The number of nitrogens with zero attached hydrogens (tertiary/aromatic N) is 1. The number of imidazole rings is 1. The molecule has 0 amide bonds. The first-order valence-corrected chi connectivity index (χ1v) is 8.28. The van der Waals surface area contributed by atoms with Gasteiger partial charge in [-0.25, -0.2) is 18.1 Å². The Morgan fingerprint density at radius 3 is 2.67 bits per heavy atom. The number of halogens is 2. The highest BCUT2D eigenvalue weighted by molar-refractivity contribution is 7.89. The van der Waals surface area contributed by atoms with Gasteiger partial charge in [-0.1, -0.05) is 23.2 Å². The van der Waals surface area contributed by atoms with Gasteiger partial charge < -0.3 is 10.3 Å². The van der Waals surface area contributed by atoms with Crippen LogP contribution in [0, 0.1) is 0 Å². The molecule has 0 saturated heterocycles. The lowest BCUT2D eigenvalue weighted by molar-refractivity contribution is 0.579. The van der Waals surface area contributed by atoms with Crippen molar-refractivity contribution in [2.75, 3.05) is 7.05 Å². The van der Waals surface area contributed by atoms with E-state index < -0.39 is 10.0 Å². The summed E-state index contributed by atoms with van der Waals surface area (Å²) < 4.78 is 27.1. The maximum Gasteiger partial charge on any atom is 0.242 e. The second kappa shape index (κ2) is 6.76. The molecule has 1 heterocycles. The number of hydrogen-bond donors (Lipinski definition) is 3. The summed E-state index contributed by atoms with van der Waals surface area (Å²) in [5.41, 5.74) is 0.616. The fourth-order valence-electron chi connectivity index (χ4n) is 1.77. The fraction of sp³-hybridized carbons (Fsp3) is 0.250. The lowest BCUT2D eigenvalue weighted by Crippen LogP contribution is -2.24. The van der Waals surface area contributed by atoms with Gasteiger partial charge in [0.05, 0.1) is 11.6 Å². The van der Waals surface area contributed by atoms with Crippen molar-refractivity contribution < 1.29 is 8.42 Å². The molecule has 0 aliphatic heterocycles. The maximum absolute atomic E-state index is 12.3. The number of aromatic amines is 1. The number of aromatic nitrogens is 2. The summed E-state index contributed by atoms with van der Waals surface area (Å²) in [4.78, 5) is 6.71. The quantitative estimate of drug-likeness (QED) is 0.744. The number of hydrogen-bond acceptors (Lipinski definition) is 4. The molecule has 0 radical (unpaired) electrons. The summed E-state index contributed by atoms with van der Waals surface area (Å²) in [6.45, 7) is 0.458. The van der Waals surface area contributed by atoms with Crippen LogP contribution in [0.25, 0.3) is 0 Å². The Bertz CT molecular complexity index is 717. The molecule has 0 aliphatic rings. The van der Waals surface area contributed by atoms with Gasteiger partial charge in [-0.2, -0.15) is 0 Å². The van der Waals surface area contributed by atoms with Crippen LogP contribution < -0.4 is 10.0 Å². The molecular weight excluding hydrogens is 335 g/mol. The van der Waals surface area contributed by atoms with Crippen LogP contribution in [0.15, 0.2) is 29.4 Å². The second-order valence-electron chi connectivity index (χ2n) is 4.27. The van der Waals surface area contributed by atoms with E-state index in [4.69, 9.17) is 23.2 Å². The zero-order valence-corrected chi connectivity index (χ0v) is 13.5. The maximum atomic E-state index is 12.3. The molecule has 9 heteroatoms. The van der Waals surface area contributed by atoms with Crippen molar-refractivity contribution in [1.29, 1.82) is 0 Å². The van der Waals surface area contributed by atoms with Gasteiger partial charge in [-0.15, -0.1) is 0 Å². The van der Waals surface area contributed by atoms with Crippen molar-refractivity contribution in [1.82, 2.24) is 20.0 Å². The minimum absolute atomic E-state index is 0.0412. The number of H-pyrrole nitrogens is 1. The molecule has 0 saturated carbocycles. The molecule has 0 atom stereocenters. The molecule has 0 aliphatic carbocycles. The van der Waals surface area contributed by atoms with Crippen LogP contribution in [-0.4, -0.2) is 25.4 Å². The molecule has 0 fully saturated rings. The Hall–Kier alpha value is -1.12. The molecule has 6 nitrogen and oxygen atoms in total. The number of benzene rings is 1. The molecule has 0 bridgehead atoms. The van der Waals surface area contributed by atoms with Crippen molar-refractivity contribution in [2.45, 2.75) is 18.0 Å². The van der Waals surface area contributed by atoms with E-state index in [1.165, 1.54) is 6.07 Å². The Kier molecular flexibility index (Phi) is 5.23. The fourth-order valence-corrected chi connectivity index (χ4v) is 3.69. The van der Waals surface area contributed by atoms with Gasteiger partial charge in [0, 0.05) is 24.0 Å². The molecule has 0 spiro atoms. The van der Waals surface area contributed by atoms with Crippen LogP contribution in [0.3, 0.4) is 0 Å². The average molecular weight is 349 g/mol. The normalized spacial score (nSPS) is 11.8. The minimum Gasteiger partial charge on any atom is -0.347 e. The predicted molar refractivity (Wildman–Crippen MR) is 81.8 cm³/mol. The SMILES string of the molecule is CNCc1cc(Cl)cc(S(=O)(=O)NCc2ncc[nH]2)c1Cl. The number of rotatable bonds is 6. The van der Waals surface area contributed by atoms with Crippen LogP contribution >= 0.6 is 23.2 Å². The summed E-state index contributed by atoms with van der Waals surface area (Å²) >= 11 is 12.1. The van der Waals surface area contributed by atoms with Gasteiger partial charge in [0.15, 0.2) is 0 Å². The molecule has 0 unspecified atom stereocenters. The van der Waals surface area contributed by atoms with E-state index in [0.29, 0.717) is 23.0 Å². The zero-order chi connectivity index (χ0) is 15.5. The first kappa shape index (κ1) is 16.3. The van der Waals surface area contributed by atoms with Gasteiger partial charge in [0.25, 0.3) is 0 Å². The number of sulfonamides is 1. The molecule has 1 aromatic heterocycles. The van der Waals surface area contributed by atoms with Gasteiger partial charge in [0.2, 0.25) is 10.0 Å². The van der Waals surface area contributed by atoms with Gasteiger partial charge in [0.1, 0.15) is 10.7 Å². The second-order valence-corrected chi connectivity index (χ2v) is 6.82. The molecular formula is C12H14Cl2N4O2S. The third kappa shape index (κ3) is 3.96. The molecule has 1 aromatic carbocycles. The van der Waals surface area contributed by atoms with E-state index in [9.17, 15) is 8.42 Å². The van der Waals surface area contributed by atoms with E-state index in [-0.39, 0.29) is 16.5 Å². The summed E-state index contributed by atoms with van der Waals surface area (Å²) in [6, 6.07) is 2.96. The largest absolute Gasteiger partial charge is 0.347 e. The smallest absolute Gasteiger partial charge is 0.242 e. The molecule has 21 heavy (non-hydrogen) atoms. The Morgan fingerprint density at radius 1 is 1.29 bits per heavy atom. The van der Waals surface area contributed by atoms with Gasteiger partial charge in [-0.05, 0) is 24.7 Å². The summed E-state index contributed by atoms with van der Waals surface area (Å²) in [5, 5.41) is 3.37. The van der Waals surface area contributed by atoms with E-state index in [1.807, 2.05) is 0 Å². The topological polar surface area (TPSA) is 86.9 Å². The third-order valence-corrected chi connectivity index (χ3v) is 4.92. The summed E-state index contributed by atoms with van der Waals surface area (Å²) in [7, 11) is -2.05. The van der Waals surface area contributed by atoms with Crippen molar-refractivity contribution in [3.05, 3.63) is 46.0 Å². The molecule has 3 N–H and O–H groups in total. The standard InChI is InChI=1S/C12H14Cl2N4O2S/c1-15-6-8-4-9(13)5-10(12(8)14)21(19,20)18-7-11-16-2-3-17-11/h2-5,15,18H,6-7H2,1H3,(H,16,17). The van der Waals surface area contributed by atoms with Crippen molar-refractivity contribution in [3.8, 4) is 0 Å². The monoisotopic (exact) mass is 348 g/mol. The summed E-state index contributed by atoms with van der Waals surface area (Å²) in [6.07, 6.45) is 3.15. The van der Waals surface area contributed by atoms with Crippen LogP contribution in [0.5, 0.6) is 0 Å². The van der Waals surface area contributed by atoms with Gasteiger partial charge in [-0.3, -0.25) is 0 Å². The Labute approximate surface area is 132 Å². The number of nitrogens with one attached hydrogen (secondary N) is 3. The highest BCUT2D eigenvalue weighted by Crippen LogP contribution is 2.29. The van der Waals surface area contributed by atoms with Gasteiger partial charge >= 0.3 is 0 Å². The van der Waals surface area contributed by atoms with E-state index >= 15 is 0 Å². The van der Waals surface area contributed by atoms with Crippen LogP contribution in [-0.2, 0) is 23.1 Å². The minimum atomic E-state index is -3.78. The Balaban J connectivity index is 2.30. The highest BCUT2D eigenvalue weighted by Gasteiger charge is 2.21. The average Bonchev–Trinajstić information content (AvgIpc) is 2.94. The zero-order valence-electron chi connectivity index (χ0n) is 11.2. The third-order valence-electron chi connectivity index (χ3n) is 2.72. The van der Waals surface area contributed by atoms with Crippen molar-refractivity contribution in [3.63, 3.8) is 0 Å². The lowest BCUT2D eigenvalue weighted by Gasteiger charge is -2.12. The van der Waals surface area contributed by atoms with E-state index in [0.717, 1.165) is 0 Å². The molecule has 2 aromatic rings. The molecule has 2 rings (SSSR count). The predicted octanol–water partition coefficient (Wildman–Crippen LogP) is 1.91. The highest BCUT2D eigenvalue weighted by atomic mass is 35.5. The van der Waals surface area contributed by atoms with Crippen molar-refractivity contribution >= 4 is 33.2 Å². The molecule has 114 valence electrons. The van der Waals surface area contributed by atoms with Crippen LogP contribution in [0.2, 0.25) is 10.0 Å². The van der Waals surface area contributed by atoms with Crippen molar-refractivity contribution in [2.24, 2.45) is 0 Å². The lowest BCUT2D eigenvalue weighted by atomic mass is 10.2. The first-order valence-electron chi connectivity index (χ1n) is 6.04. The summed E-state index contributed by atoms with van der Waals surface area (Å²) in [5.74, 6) is 0.507.